The minimum atomic E-state index is 0.0716. The average molecular weight is 347 g/mol. The van der Waals surface area contributed by atoms with Crippen LogP contribution in [0.25, 0.3) is 22.3 Å². The van der Waals surface area contributed by atoms with Gasteiger partial charge in [0.15, 0.2) is 5.82 Å². The van der Waals surface area contributed by atoms with Crippen LogP contribution in [0.4, 0.5) is 5.82 Å². The van der Waals surface area contributed by atoms with E-state index < -0.39 is 0 Å². The molecule has 0 radical (unpaired) electrons. The number of anilines is 1. The van der Waals surface area contributed by atoms with Crippen molar-refractivity contribution in [3.63, 3.8) is 0 Å². The van der Waals surface area contributed by atoms with Gasteiger partial charge in [0, 0.05) is 34.4 Å². The van der Waals surface area contributed by atoms with E-state index in [0.29, 0.717) is 5.82 Å². The molecular weight excluding hydrogens is 330 g/mol. The molecule has 124 valence electrons. The predicted molar refractivity (Wildman–Crippen MR) is 102 cm³/mol. The number of thiazole rings is 1. The number of para-hydroxylation sites is 1. The summed E-state index contributed by atoms with van der Waals surface area (Å²) in [6.45, 7) is 4.16. The van der Waals surface area contributed by atoms with Gasteiger partial charge in [0.05, 0.1) is 11.6 Å². The average Bonchev–Trinajstić information content (AvgIpc) is 3.09. The molecule has 25 heavy (non-hydrogen) atoms. The first-order valence-electron chi connectivity index (χ1n) is 8.07. The van der Waals surface area contributed by atoms with E-state index in [4.69, 9.17) is 9.97 Å². The molecule has 1 unspecified atom stereocenters. The Labute approximate surface area is 149 Å². The molecule has 0 spiro atoms. The Bertz CT molecular complexity index is 1010. The van der Waals surface area contributed by atoms with E-state index in [9.17, 15) is 0 Å². The number of benzene rings is 1. The molecule has 5 nitrogen and oxygen atoms in total. The first-order valence-corrected chi connectivity index (χ1v) is 8.88. The van der Waals surface area contributed by atoms with Gasteiger partial charge in [-0.1, -0.05) is 12.1 Å². The Balaban J connectivity index is 1.78. The maximum Gasteiger partial charge on any atom is 0.162 e. The molecule has 6 heteroatoms. The lowest BCUT2D eigenvalue weighted by Crippen LogP contribution is -2.09. The zero-order valence-corrected chi connectivity index (χ0v) is 14.8. The second kappa shape index (κ2) is 6.57. The minimum absolute atomic E-state index is 0.0716. The topological polar surface area (TPSA) is 63.6 Å². The van der Waals surface area contributed by atoms with Crippen molar-refractivity contribution in [2.45, 2.75) is 19.9 Å². The molecule has 4 aromatic rings. The standard InChI is InChI=1S/C19H17N5S/c1-12-11-21-19(25-12)13(2)22-18-15-5-3-4-6-16(15)23-17(24-18)14-7-9-20-10-8-14/h3-11,13H,1-2H3,(H,22,23,24). The molecule has 1 aromatic carbocycles. The van der Waals surface area contributed by atoms with Crippen molar-refractivity contribution in [1.29, 1.82) is 0 Å². The van der Waals surface area contributed by atoms with Crippen LogP contribution in [0.15, 0.2) is 55.0 Å². The van der Waals surface area contributed by atoms with Gasteiger partial charge in [-0.25, -0.2) is 15.0 Å². The van der Waals surface area contributed by atoms with E-state index in [1.807, 2.05) is 42.6 Å². The van der Waals surface area contributed by atoms with Crippen molar-refractivity contribution >= 4 is 28.1 Å². The Morgan fingerprint density at radius 3 is 2.60 bits per heavy atom. The Morgan fingerprint density at radius 1 is 1.04 bits per heavy atom. The van der Waals surface area contributed by atoms with Gasteiger partial charge in [0.25, 0.3) is 0 Å². The molecule has 0 aliphatic heterocycles. The van der Waals surface area contributed by atoms with Crippen LogP contribution in [-0.4, -0.2) is 19.9 Å². The smallest absolute Gasteiger partial charge is 0.162 e. The van der Waals surface area contributed by atoms with E-state index in [0.717, 1.165) is 27.3 Å². The maximum absolute atomic E-state index is 4.77. The van der Waals surface area contributed by atoms with Crippen molar-refractivity contribution in [2.75, 3.05) is 5.32 Å². The second-order valence-electron chi connectivity index (χ2n) is 5.82. The Morgan fingerprint density at radius 2 is 1.84 bits per heavy atom. The summed E-state index contributed by atoms with van der Waals surface area (Å²) in [5.74, 6) is 1.50. The van der Waals surface area contributed by atoms with Gasteiger partial charge in [0.2, 0.25) is 0 Å². The van der Waals surface area contributed by atoms with Gasteiger partial charge in [-0.05, 0) is 38.1 Å². The zero-order chi connectivity index (χ0) is 17.2. The normalized spacial score (nSPS) is 12.2. The number of nitrogens with zero attached hydrogens (tertiary/aromatic N) is 4. The lowest BCUT2D eigenvalue weighted by atomic mass is 10.2. The molecule has 0 bridgehead atoms. The van der Waals surface area contributed by atoms with Crippen LogP contribution >= 0.6 is 11.3 Å². The minimum Gasteiger partial charge on any atom is -0.360 e. The van der Waals surface area contributed by atoms with Gasteiger partial charge >= 0.3 is 0 Å². The fourth-order valence-corrected chi connectivity index (χ4v) is 3.43. The number of pyridine rings is 1. The number of aromatic nitrogens is 4. The third kappa shape index (κ3) is 3.21. The van der Waals surface area contributed by atoms with Gasteiger partial charge in [0.1, 0.15) is 10.8 Å². The van der Waals surface area contributed by atoms with Crippen LogP contribution in [0.5, 0.6) is 0 Å². The summed E-state index contributed by atoms with van der Waals surface area (Å²) in [5.41, 5.74) is 1.86. The highest BCUT2D eigenvalue weighted by Crippen LogP contribution is 2.28. The van der Waals surface area contributed by atoms with Crippen LogP contribution in [-0.2, 0) is 0 Å². The largest absolute Gasteiger partial charge is 0.360 e. The number of rotatable bonds is 4. The third-order valence-corrected chi connectivity index (χ3v) is 5.00. The second-order valence-corrected chi connectivity index (χ2v) is 7.09. The number of aryl methyl sites for hydroxylation is 1. The molecule has 0 fully saturated rings. The van der Waals surface area contributed by atoms with Crippen LogP contribution in [0.1, 0.15) is 22.9 Å². The number of hydrogen-bond donors (Lipinski definition) is 1. The summed E-state index contributed by atoms with van der Waals surface area (Å²) in [7, 11) is 0. The molecule has 4 rings (SSSR count). The lowest BCUT2D eigenvalue weighted by Gasteiger charge is -2.15. The first-order chi connectivity index (χ1) is 12.2. The van der Waals surface area contributed by atoms with Crippen LogP contribution in [0.2, 0.25) is 0 Å². The van der Waals surface area contributed by atoms with Crippen molar-refractivity contribution in [3.8, 4) is 11.4 Å². The summed E-state index contributed by atoms with van der Waals surface area (Å²) >= 11 is 1.70. The molecule has 0 amide bonds. The highest BCUT2D eigenvalue weighted by atomic mass is 32.1. The SMILES string of the molecule is Cc1cnc(C(C)Nc2nc(-c3ccncc3)nc3ccccc23)s1. The molecule has 3 aromatic heterocycles. The predicted octanol–water partition coefficient (Wildman–Crippen LogP) is 4.63. The van der Waals surface area contributed by atoms with E-state index >= 15 is 0 Å². The van der Waals surface area contributed by atoms with Crippen molar-refractivity contribution in [1.82, 2.24) is 19.9 Å². The summed E-state index contributed by atoms with van der Waals surface area (Å²) < 4.78 is 0. The van der Waals surface area contributed by atoms with E-state index in [2.05, 4.69) is 29.1 Å². The van der Waals surface area contributed by atoms with Crippen molar-refractivity contribution in [3.05, 3.63) is 64.9 Å². The Hall–Kier alpha value is -2.86. The van der Waals surface area contributed by atoms with Crippen LogP contribution < -0.4 is 5.32 Å². The summed E-state index contributed by atoms with van der Waals surface area (Å²) in [6.07, 6.45) is 5.41. The summed E-state index contributed by atoms with van der Waals surface area (Å²) in [6, 6.07) is 11.9. The van der Waals surface area contributed by atoms with E-state index in [-0.39, 0.29) is 6.04 Å². The van der Waals surface area contributed by atoms with Gasteiger partial charge in [-0.15, -0.1) is 11.3 Å². The van der Waals surface area contributed by atoms with Crippen molar-refractivity contribution < 1.29 is 0 Å². The molecule has 1 N–H and O–H groups in total. The maximum atomic E-state index is 4.77. The zero-order valence-electron chi connectivity index (χ0n) is 14.0. The Kier molecular flexibility index (Phi) is 4.11. The molecular formula is C19H17N5S. The third-order valence-electron chi connectivity index (χ3n) is 3.90. The summed E-state index contributed by atoms with van der Waals surface area (Å²) in [5, 5.41) is 5.55. The number of nitrogens with one attached hydrogen (secondary N) is 1. The first kappa shape index (κ1) is 15.7. The molecule has 1 atom stereocenters. The molecule has 0 aliphatic carbocycles. The van der Waals surface area contributed by atoms with Crippen LogP contribution in [0.3, 0.4) is 0 Å². The molecule has 3 heterocycles. The molecule has 0 saturated carbocycles. The number of hydrogen-bond acceptors (Lipinski definition) is 6. The molecule has 0 saturated heterocycles. The van der Waals surface area contributed by atoms with Gasteiger partial charge < -0.3 is 5.32 Å². The molecule has 0 aliphatic rings. The fraction of sp³-hybridized carbons (Fsp3) is 0.158. The fourth-order valence-electron chi connectivity index (χ4n) is 2.66. The van der Waals surface area contributed by atoms with E-state index in [1.54, 1.807) is 23.7 Å². The lowest BCUT2D eigenvalue weighted by molar-refractivity contribution is 0.862. The number of fused-ring (bicyclic) bond motifs is 1. The van der Waals surface area contributed by atoms with Gasteiger partial charge in [-0.2, -0.15) is 0 Å². The van der Waals surface area contributed by atoms with Gasteiger partial charge in [-0.3, -0.25) is 4.98 Å². The monoisotopic (exact) mass is 347 g/mol. The summed E-state index contributed by atoms with van der Waals surface area (Å²) in [4.78, 5) is 19.2. The quantitative estimate of drug-likeness (QED) is 0.583. The highest BCUT2D eigenvalue weighted by Gasteiger charge is 2.14. The van der Waals surface area contributed by atoms with Crippen LogP contribution in [0, 0.1) is 6.92 Å². The van der Waals surface area contributed by atoms with E-state index in [1.165, 1.54) is 4.88 Å². The van der Waals surface area contributed by atoms with Crippen molar-refractivity contribution in [2.24, 2.45) is 0 Å². The highest BCUT2D eigenvalue weighted by molar-refractivity contribution is 7.11.